The molecule has 0 radical (unpaired) electrons. The van der Waals surface area contributed by atoms with Crippen LogP contribution in [0.1, 0.15) is 23.2 Å². The largest absolute Gasteiger partial charge is 0.478 e. The Bertz CT molecular complexity index is 628. The van der Waals surface area contributed by atoms with Gasteiger partial charge in [-0.1, -0.05) is 0 Å². The zero-order valence-electron chi connectivity index (χ0n) is 10.4. The zero-order valence-corrected chi connectivity index (χ0v) is 11.3. The molecular weight excluding hydrogens is 318 g/mol. The molecule has 2 N–H and O–H groups in total. The van der Waals surface area contributed by atoms with Crippen LogP contribution in [0, 0.1) is 5.82 Å². The maximum absolute atomic E-state index is 13.4. The Kier molecular flexibility index (Phi) is 5.29. The van der Waals surface area contributed by atoms with Crippen molar-refractivity contribution in [1.82, 2.24) is 4.72 Å². The van der Waals surface area contributed by atoms with Crippen LogP contribution in [0.5, 0.6) is 0 Å². The van der Waals surface area contributed by atoms with Gasteiger partial charge >= 0.3 is 12.1 Å². The number of halogens is 4. The van der Waals surface area contributed by atoms with Crippen LogP contribution in [0.2, 0.25) is 0 Å². The molecule has 0 aromatic heterocycles. The summed E-state index contributed by atoms with van der Waals surface area (Å²) in [4.78, 5) is 9.78. The molecule has 118 valence electrons. The van der Waals surface area contributed by atoms with Crippen molar-refractivity contribution in [2.24, 2.45) is 0 Å². The number of benzene rings is 1. The van der Waals surface area contributed by atoms with Gasteiger partial charge in [0.15, 0.2) is 0 Å². The molecule has 1 aromatic carbocycles. The molecule has 0 fully saturated rings. The highest BCUT2D eigenvalue weighted by Crippen LogP contribution is 2.21. The van der Waals surface area contributed by atoms with Crippen LogP contribution in [0.25, 0.3) is 0 Å². The molecule has 1 rings (SSSR count). The Balaban J connectivity index is 2.83. The summed E-state index contributed by atoms with van der Waals surface area (Å²) in [6.07, 6.45) is -6.12. The van der Waals surface area contributed by atoms with E-state index in [9.17, 15) is 30.8 Å². The highest BCUT2D eigenvalue weighted by molar-refractivity contribution is 7.89. The highest BCUT2D eigenvalue weighted by Gasteiger charge is 2.27. The molecule has 10 heteroatoms. The van der Waals surface area contributed by atoms with Gasteiger partial charge in [-0.25, -0.2) is 22.3 Å². The number of carboxylic acid groups (broad SMARTS) is 1. The lowest BCUT2D eigenvalue weighted by atomic mass is 10.2. The third-order valence-electron chi connectivity index (χ3n) is 2.40. The average Bonchev–Trinajstić information content (AvgIpc) is 2.33. The van der Waals surface area contributed by atoms with Crippen LogP contribution in [-0.2, 0) is 10.0 Å². The summed E-state index contributed by atoms with van der Waals surface area (Å²) in [5.41, 5.74) is -0.452. The van der Waals surface area contributed by atoms with E-state index in [1.165, 1.54) is 0 Å². The molecule has 0 amide bonds. The number of carbonyl (C=O) groups is 1. The average molecular weight is 329 g/mol. The Morgan fingerprint density at radius 2 is 1.90 bits per heavy atom. The van der Waals surface area contributed by atoms with E-state index in [-0.39, 0.29) is 0 Å². The molecule has 0 aliphatic carbocycles. The fourth-order valence-electron chi connectivity index (χ4n) is 1.42. The summed E-state index contributed by atoms with van der Waals surface area (Å²) in [5.74, 6) is -2.65. The number of alkyl halides is 3. The Hall–Kier alpha value is -1.68. The van der Waals surface area contributed by atoms with Crippen molar-refractivity contribution in [1.29, 1.82) is 0 Å². The van der Waals surface area contributed by atoms with Crippen molar-refractivity contribution in [3.8, 4) is 0 Å². The smallest absolute Gasteiger partial charge is 0.389 e. The third-order valence-corrected chi connectivity index (χ3v) is 3.87. The van der Waals surface area contributed by atoms with E-state index in [0.29, 0.717) is 12.1 Å². The normalized spacial score (nSPS) is 12.4. The molecule has 0 aliphatic rings. The molecule has 21 heavy (non-hydrogen) atoms. The molecule has 0 aliphatic heterocycles. The van der Waals surface area contributed by atoms with E-state index in [1.54, 1.807) is 4.72 Å². The molecule has 5 nitrogen and oxygen atoms in total. The summed E-state index contributed by atoms with van der Waals surface area (Å²) in [7, 11) is -4.42. The molecule has 0 saturated carbocycles. The minimum Gasteiger partial charge on any atom is -0.478 e. The van der Waals surface area contributed by atoms with Gasteiger partial charge in [0.25, 0.3) is 0 Å². The first kappa shape index (κ1) is 17.4. The van der Waals surface area contributed by atoms with Crippen molar-refractivity contribution in [2.45, 2.75) is 23.9 Å². The number of nitrogens with one attached hydrogen (secondary N) is 1. The van der Waals surface area contributed by atoms with Gasteiger partial charge in [-0.15, -0.1) is 0 Å². The Labute approximate surface area is 117 Å². The number of aromatic carboxylic acids is 1. The van der Waals surface area contributed by atoms with Crippen LogP contribution >= 0.6 is 0 Å². The number of rotatable bonds is 6. The molecule has 0 unspecified atom stereocenters. The SMILES string of the molecule is O=C(O)c1ccc(F)c(S(=O)(=O)NCCCC(F)(F)F)c1. The van der Waals surface area contributed by atoms with Gasteiger partial charge in [0.1, 0.15) is 10.7 Å². The van der Waals surface area contributed by atoms with Crippen LogP contribution < -0.4 is 4.72 Å². The van der Waals surface area contributed by atoms with Gasteiger partial charge in [0, 0.05) is 13.0 Å². The first-order valence-electron chi connectivity index (χ1n) is 5.62. The minimum atomic E-state index is -4.42. The predicted octanol–water partition coefficient (Wildman–Crippen LogP) is 2.14. The minimum absolute atomic E-state index is 0.452. The highest BCUT2D eigenvalue weighted by atomic mass is 32.2. The number of carboxylic acids is 1. The number of hydrogen-bond acceptors (Lipinski definition) is 3. The Morgan fingerprint density at radius 1 is 1.29 bits per heavy atom. The van der Waals surface area contributed by atoms with Gasteiger partial charge in [-0.3, -0.25) is 0 Å². The predicted molar refractivity (Wildman–Crippen MR) is 63.8 cm³/mol. The molecule has 1 aromatic rings. The van der Waals surface area contributed by atoms with Crippen LogP contribution in [-0.4, -0.2) is 32.2 Å². The monoisotopic (exact) mass is 329 g/mol. The van der Waals surface area contributed by atoms with Gasteiger partial charge < -0.3 is 5.11 Å². The second-order valence-electron chi connectivity index (χ2n) is 4.07. The molecule has 0 bridgehead atoms. The van der Waals surface area contributed by atoms with E-state index in [0.717, 1.165) is 6.07 Å². The maximum Gasteiger partial charge on any atom is 0.389 e. The quantitative estimate of drug-likeness (QED) is 0.619. The summed E-state index contributed by atoms with van der Waals surface area (Å²) in [6.45, 7) is -0.543. The van der Waals surface area contributed by atoms with Crippen molar-refractivity contribution in [3.05, 3.63) is 29.6 Å². The topological polar surface area (TPSA) is 83.5 Å². The van der Waals surface area contributed by atoms with Crippen LogP contribution in [0.3, 0.4) is 0 Å². The lowest BCUT2D eigenvalue weighted by molar-refractivity contribution is -0.135. The van der Waals surface area contributed by atoms with Crippen molar-refractivity contribution < 1.29 is 35.9 Å². The standard InChI is InChI=1S/C11H11F4NO4S/c12-8-3-2-7(10(17)18)6-9(8)21(19,20)16-5-1-4-11(13,14)15/h2-3,6,16H,1,4-5H2,(H,17,18). The van der Waals surface area contributed by atoms with E-state index < -0.39 is 57.8 Å². The lowest BCUT2D eigenvalue weighted by Crippen LogP contribution is -2.27. The van der Waals surface area contributed by atoms with Crippen molar-refractivity contribution in [3.63, 3.8) is 0 Å². The fourth-order valence-corrected chi connectivity index (χ4v) is 2.59. The lowest BCUT2D eigenvalue weighted by Gasteiger charge is -2.09. The summed E-state index contributed by atoms with van der Waals surface area (Å²) in [5, 5.41) is 8.71. The van der Waals surface area contributed by atoms with Gasteiger partial charge in [-0.2, -0.15) is 13.2 Å². The fraction of sp³-hybridized carbons (Fsp3) is 0.364. The molecule has 0 saturated heterocycles. The Morgan fingerprint density at radius 3 is 2.43 bits per heavy atom. The van der Waals surface area contributed by atoms with Crippen LogP contribution in [0.15, 0.2) is 23.1 Å². The summed E-state index contributed by atoms with van der Waals surface area (Å²) >= 11 is 0. The zero-order chi connectivity index (χ0) is 16.3. The first-order chi connectivity index (χ1) is 9.53. The summed E-state index contributed by atoms with van der Waals surface area (Å²) < 4.78 is 74.4. The van der Waals surface area contributed by atoms with E-state index in [4.69, 9.17) is 5.11 Å². The second kappa shape index (κ2) is 6.39. The molecule has 0 heterocycles. The second-order valence-corrected chi connectivity index (χ2v) is 5.80. The number of hydrogen-bond donors (Lipinski definition) is 2. The van der Waals surface area contributed by atoms with E-state index >= 15 is 0 Å². The molecular formula is C11H11F4NO4S. The van der Waals surface area contributed by atoms with Gasteiger partial charge in [0.05, 0.1) is 5.56 Å². The van der Waals surface area contributed by atoms with E-state index in [1.807, 2.05) is 0 Å². The molecule has 0 spiro atoms. The van der Waals surface area contributed by atoms with E-state index in [2.05, 4.69) is 0 Å². The number of sulfonamides is 1. The van der Waals surface area contributed by atoms with Crippen LogP contribution in [0.4, 0.5) is 17.6 Å². The van der Waals surface area contributed by atoms with Gasteiger partial charge in [0.2, 0.25) is 10.0 Å². The third kappa shape index (κ3) is 5.31. The van der Waals surface area contributed by atoms with Crippen molar-refractivity contribution >= 4 is 16.0 Å². The first-order valence-corrected chi connectivity index (χ1v) is 7.10. The van der Waals surface area contributed by atoms with Gasteiger partial charge in [-0.05, 0) is 24.6 Å². The summed E-state index contributed by atoms with van der Waals surface area (Å²) in [6, 6.07) is 2.14. The molecule has 0 atom stereocenters. The van der Waals surface area contributed by atoms with Crippen molar-refractivity contribution in [2.75, 3.05) is 6.54 Å². The maximum atomic E-state index is 13.4.